The van der Waals surface area contributed by atoms with Crippen LogP contribution in [0.4, 0.5) is 17.1 Å². The highest BCUT2D eigenvalue weighted by atomic mass is 32.2. The third kappa shape index (κ3) is 10.4. The van der Waals surface area contributed by atoms with Crippen LogP contribution in [0, 0.1) is 0 Å². The van der Waals surface area contributed by atoms with Crippen molar-refractivity contribution in [3.63, 3.8) is 0 Å². The summed E-state index contributed by atoms with van der Waals surface area (Å²) in [5.41, 5.74) is 0.280. The molecule has 1 aliphatic rings. The molecule has 1 aromatic rings. The smallest absolute Gasteiger partial charge is 0.303 e. The quantitative estimate of drug-likeness (QED) is 0.256. The van der Waals surface area contributed by atoms with Crippen LogP contribution in [0.3, 0.4) is 0 Å². The van der Waals surface area contributed by atoms with E-state index in [2.05, 4.69) is 10.6 Å². The monoisotopic (exact) mass is 625 g/mol. The molecule has 0 radical (unpaired) electrons. The molecule has 0 spiro atoms. The number of hydrogen-bond donors (Lipinski definition) is 2. The maximum atomic E-state index is 12.2. The van der Waals surface area contributed by atoms with E-state index in [0.29, 0.717) is 35.0 Å². The maximum absolute atomic E-state index is 12.2. The zero-order chi connectivity index (χ0) is 32.4. The van der Waals surface area contributed by atoms with E-state index in [1.54, 1.807) is 12.1 Å². The zero-order valence-corrected chi connectivity index (χ0v) is 26.3. The van der Waals surface area contributed by atoms with Crippen molar-refractivity contribution in [1.29, 1.82) is 0 Å². The number of amides is 2. The molecule has 0 saturated carbocycles. The Labute approximate surface area is 254 Å². The first kappa shape index (κ1) is 35.3. The van der Waals surface area contributed by atoms with E-state index in [9.17, 15) is 28.8 Å². The summed E-state index contributed by atoms with van der Waals surface area (Å²) >= 11 is 1.03. The van der Waals surface area contributed by atoms with Crippen LogP contribution in [-0.2, 0) is 52.5 Å². The molecule has 1 heterocycles. The van der Waals surface area contributed by atoms with Crippen LogP contribution in [0.1, 0.15) is 55.4 Å². The fourth-order valence-electron chi connectivity index (χ4n) is 4.48. The second kappa shape index (κ2) is 16.1. The number of nitrogens with zero attached hydrogens (tertiary/aromatic N) is 1. The van der Waals surface area contributed by atoms with Crippen molar-refractivity contribution >= 4 is 64.5 Å². The minimum absolute atomic E-state index is 0.310. The Bertz CT molecular complexity index is 1220. The van der Waals surface area contributed by atoms with E-state index < -0.39 is 59.6 Å². The van der Waals surface area contributed by atoms with Gasteiger partial charge in [-0.15, -0.1) is 0 Å². The lowest BCUT2D eigenvalue weighted by Gasteiger charge is -2.44. The highest BCUT2D eigenvalue weighted by Crippen LogP contribution is 2.43. The van der Waals surface area contributed by atoms with Crippen LogP contribution < -0.4 is 15.5 Å². The molecule has 2 amide bonds. The first-order valence-electron chi connectivity index (χ1n) is 13.6. The highest BCUT2D eigenvalue weighted by Gasteiger charge is 2.52. The molecule has 14 nitrogen and oxygen atoms in total. The molecular weight excluding hydrogens is 586 g/mol. The molecule has 1 aromatic carbocycles. The maximum Gasteiger partial charge on any atom is 0.303 e. The van der Waals surface area contributed by atoms with Crippen LogP contribution in [-0.4, -0.2) is 85.2 Å². The Morgan fingerprint density at radius 3 is 1.74 bits per heavy atom. The van der Waals surface area contributed by atoms with Gasteiger partial charge in [0.25, 0.3) is 0 Å². The van der Waals surface area contributed by atoms with E-state index in [4.69, 9.17) is 23.7 Å². The normalized spacial score (nSPS) is 21.2. The molecule has 0 aliphatic carbocycles. The lowest BCUT2D eigenvalue weighted by atomic mass is 9.99. The number of anilines is 3. The van der Waals surface area contributed by atoms with Gasteiger partial charge in [-0.25, -0.2) is 0 Å². The standard InChI is InChI=1S/C28H39N3O11S/c1-9-31(10-2)22-12-24(21(30-15(4)33)11-20(22)29-14(3)32)43-28-27(41-19(8)37)26(40-18(7)36)25(39-17(6)35)23(42-28)13-38-16(5)34/h11-12,23,25-28H,9-10,13H2,1-8H3,(H,29,32)(H,30,33)/t23-,25+,26+,27-,28+/m1/s1. The minimum atomic E-state index is -1.35. The van der Waals surface area contributed by atoms with Crippen LogP contribution in [0.2, 0.25) is 0 Å². The topological polar surface area (TPSA) is 176 Å². The van der Waals surface area contributed by atoms with Crippen molar-refractivity contribution in [2.75, 3.05) is 35.2 Å². The minimum Gasteiger partial charge on any atom is -0.463 e. The number of nitrogens with one attached hydrogen (secondary N) is 2. The number of ether oxygens (including phenoxy) is 5. The number of rotatable bonds is 12. The van der Waals surface area contributed by atoms with Gasteiger partial charge in [-0.2, -0.15) is 0 Å². The van der Waals surface area contributed by atoms with Gasteiger partial charge < -0.3 is 39.2 Å². The summed E-state index contributed by atoms with van der Waals surface area (Å²) in [6, 6.07) is 3.34. The van der Waals surface area contributed by atoms with Gasteiger partial charge in [0.05, 0.1) is 17.1 Å². The van der Waals surface area contributed by atoms with Gasteiger partial charge >= 0.3 is 23.9 Å². The number of benzene rings is 1. The summed E-state index contributed by atoms with van der Waals surface area (Å²) in [6.07, 6.45) is -5.08. The highest BCUT2D eigenvalue weighted by molar-refractivity contribution is 8.00. The molecule has 1 fully saturated rings. The average molecular weight is 626 g/mol. The van der Waals surface area contributed by atoms with Crippen molar-refractivity contribution in [1.82, 2.24) is 0 Å². The first-order valence-corrected chi connectivity index (χ1v) is 14.5. The fourth-order valence-corrected chi connectivity index (χ4v) is 5.69. The second-order valence-electron chi connectivity index (χ2n) is 9.59. The molecule has 238 valence electrons. The van der Waals surface area contributed by atoms with E-state index in [1.165, 1.54) is 20.8 Å². The van der Waals surface area contributed by atoms with E-state index in [0.717, 1.165) is 32.5 Å². The molecule has 1 saturated heterocycles. The van der Waals surface area contributed by atoms with Crippen molar-refractivity contribution in [3.8, 4) is 0 Å². The average Bonchev–Trinajstić information content (AvgIpc) is 2.87. The number of hydrogen-bond acceptors (Lipinski definition) is 13. The second-order valence-corrected chi connectivity index (χ2v) is 10.7. The molecule has 1 aliphatic heterocycles. The molecule has 43 heavy (non-hydrogen) atoms. The van der Waals surface area contributed by atoms with E-state index in [1.807, 2.05) is 18.7 Å². The predicted molar refractivity (Wildman–Crippen MR) is 156 cm³/mol. The Balaban J connectivity index is 2.74. The molecule has 2 rings (SSSR count). The summed E-state index contributed by atoms with van der Waals surface area (Å²) in [4.78, 5) is 74.7. The van der Waals surface area contributed by atoms with Gasteiger partial charge in [-0.1, -0.05) is 11.8 Å². The SMILES string of the molecule is CCN(CC)c1cc(S[C@@H]2O[C@H](COC(C)=O)[C@H](OC(C)=O)[C@H](OC(C)=O)[C@H]2OC(C)=O)c(NC(C)=O)cc1NC(C)=O. The van der Waals surface area contributed by atoms with Gasteiger partial charge in [0.2, 0.25) is 11.8 Å². The van der Waals surface area contributed by atoms with Crippen molar-refractivity contribution in [2.45, 2.75) is 90.1 Å². The van der Waals surface area contributed by atoms with Crippen LogP contribution in [0.5, 0.6) is 0 Å². The first-order chi connectivity index (χ1) is 20.2. The number of carbonyl (C=O) groups excluding carboxylic acids is 6. The van der Waals surface area contributed by atoms with Gasteiger partial charge in [-0.05, 0) is 26.0 Å². The summed E-state index contributed by atoms with van der Waals surface area (Å²) in [5, 5.41) is 5.54. The number of esters is 4. The Hall–Kier alpha value is -3.85. The van der Waals surface area contributed by atoms with Crippen molar-refractivity contribution in [3.05, 3.63) is 12.1 Å². The molecule has 0 aromatic heterocycles. The Morgan fingerprint density at radius 2 is 1.26 bits per heavy atom. The van der Waals surface area contributed by atoms with E-state index >= 15 is 0 Å². The number of carbonyl (C=O) groups is 6. The third-order valence-electron chi connectivity index (χ3n) is 6.01. The lowest BCUT2D eigenvalue weighted by molar-refractivity contribution is -0.237. The van der Waals surface area contributed by atoms with Crippen LogP contribution in [0.15, 0.2) is 17.0 Å². The van der Waals surface area contributed by atoms with Crippen LogP contribution in [0.25, 0.3) is 0 Å². The Kier molecular flexibility index (Phi) is 13.3. The summed E-state index contributed by atoms with van der Waals surface area (Å²) in [7, 11) is 0. The molecule has 0 bridgehead atoms. The molecule has 2 N–H and O–H groups in total. The summed E-state index contributed by atoms with van der Waals surface area (Å²) in [5.74, 6) is -3.57. The van der Waals surface area contributed by atoms with Gasteiger partial charge in [0.1, 0.15) is 18.1 Å². The summed E-state index contributed by atoms with van der Waals surface area (Å²) in [6.45, 7) is 12.0. The van der Waals surface area contributed by atoms with Gasteiger partial charge in [0.15, 0.2) is 18.3 Å². The third-order valence-corrected chi connectivity index (χ3v) is 7.22. The fraction of sp³-hybridized carbons (Fsp3) is 0.571. The molecular formula is C28H39N3O11S. The Morgan fingerprint density at radius 1 is 0.744 bits per heavy atom. The largest absolute Gasteiger partial charge is 0.463 e. The number of thioether (sulfide) groups is 1. The van der Waals surface area contributed by atoms with Gasteiger partial charge in [0, 0.05) is 59.5 Å². The van der Waals surface area contributed by atoms with E-state index in [-0.39, 0.29) is 12.5 Å². The van der Waals surface area contributed by atoms with Crippen molar-refractivity contribution in [2.24, 2.45) is 0 Å². The summed E-state index contributed by atoms with van der Waals surface area (Å²) < 4.78 is 27.9. The van der Waals surface area contributed by atoms with Crippen LogP contribution >= 0.6 is 11.8 Å². The lowest BCUT2D eigenvalue weighted by Crippen LogP contribution is -2.61. The molecule has 5 atom stereocenters. The van der Waals surface area contributed by atoms with Gasteiger partial charge in [-0.3, -0.25) is 28.8 Å². The molecule has 0 unspecified atom stereocenters. The zero-order valence-electron chi connectivity index (χ0n) is 25.5. The molecule has 15 heteroatoms. The van der Waals surface area contributed by atoms with Crippen molar-refractivity contribution < 1.29 is 52.5 Å². The predicted octanol–water partition coefficient (Wildman–Crippen LogP) is 2.62.